The third-order valence-corrected chi connectivity index (χ3v) is 3.39. The minimum absolute atomic E-state index is 0. The van der Waals surface area contributed by atoms with Crippen LogP contribution in [0.5, 0.6) is 0 Å². The van der Waals surface area contributed by atoms with E-state index in [4.69, 9.17) is 13.9 Å². The lowest BCUT2D eigenvalue weighted by atomic mass is 10.3. The minimum Gasteiger partial charge on any atom is -1.00 e. The Morgan fingerprint density at radius 3 is 2.79 bits per heavy atom. The van der Waals surface area contributed by atoms with Crippen molar-refractivity contribution < 1.29 is 36.2 Å². The van der Waals surface area contributed by atoms with Gasteiger partial charge >= 0.3 is 0 Å². The van der Waals surface area contributed by atoms with E-state index in [1.807, 2.05) is 18.2 Å². The van der Waals surface area contributed by atoms with Gasteiger partial charge in [0.1, 0.15) is 12.3 Å². The summed E-state index contributed by atoms with van der Waals surface area (Å²) in [6, 6.07) is 3.82. The van der Waals surface area contributed by atoms with E-state index in [0.717, 1.165) is 51.0 Å². The fourth-order valence-corrected chi connectivity index (χ4v) is 2.37. The molecule has 1 unspecified atom stereocenters. The summed E-state index contributed by atoms with van der Waals surface area (Å²) in [4.78, 5) is 2.42. The molecule has 19 heavy (non-hydrogen) atoms. The zero-order valence-electron chi connectivity index (χ0n) is 10.8. The number of hydrogen-bond donors (Lipinski definition) is 1. The quantitative estimate of drug-likeness (QED) is 0.623. The highest BCUT2D eigenvalue weighted by Gasteiger charge is 2.28. The van der Waals surface area contributed by atoms with Crippen molar-refractivity contribution in [1.29, 1.82) is 0 Å². The van der Waals surface area contributed by atoms with Crippen molar-refractivity contribution in [1.82, 2.24) is 4.90 Å². The zero-order valence-corrected chi connectivity index (χ0v) is 12.3. The third-order valence-electron chi connectivity index (χ3n) is 3.39. The molecule has 0 aliphatic carbocycles. The largest absolute Gasteiger partial charge is 1.00 e. The number of nitrogens with two attached hydrogens (primary N) is 1. The van der Waals surface area contributed by atoms with Gasteiger partial charge in [-0.15, -0.1) is 0 Å². The van der Waals surface area contributed by atoms with Crippen LogP contribution in [0.4, 0.5) is 0 Å². The highest BCUT2D eigenvalue weighted by atomic mass is 79.9. The Bertz CT molecular complexity index is 392. The Morgan fingerprint density at radius 2 is 2.16 bits per heavy atom. The third kappa shape index (κ3) is 3.82. The Labute approximate surface area is 123 Å². The van der Waals surface area contributed by atoms with E-state index in [1.54, 1.807) is 6.26 Å². The van der Waals surface area contributed by atoms with Gasteiger partial charge in [-0.2, -0.15) is 0 Å². The minimum atomic E-state index is 0. The number of ether oxygens (including phenoxy) is 2. The van der Waals surface area contributed by atoms with Gasteiger partial charge in [-0.05, 0) is 12.1 Å². The summed E-state index contributed by atoms with van der Waals surface area (Å²) in [7, 11) is 0. The molecule has 0 radical (unpaired) electrons. The molecule has 3 heterocycles. The van der Waals surface area contributed by atoms with E-state index in [0.29, 0.717) is 6.17 Å². The van der Waals surface area contributed by atoms with Crippen molar-refractivity contribution in [2.45, 2.75) is 6.17 Å². The summed E-state index contributed by atoms with van der Waals surface area (Å²) in [6.07, 6.45) is 4.06. The molecular weight excluding hydrogens is 312 g/mol. The summed E-state index contributed by atoms with van der Waals surface area (Å²) in [5.74, 6) is 1.83. The van der Waals surface area contributed by atoms with Crippen LogP contribution in [0.25, 0.3) is 6.08 Å². The SMILES string of the molecule is C(=C1C[NH2+]C(N2CCOCC2)CO1)c1ccco1.[Br-]. The predicted molar refractivity (Wildman–Crippen MR) is 65.6 cm³/mol. The van der Waals surface area contributed by atoms with Crippen molar-refractivity contribution in [2.75, 3.05) is 39.5 Å². The normalized spacial score (nSPS) is 26.7. The van der Waals surface area contributed by atoms with E-state index in [1.165, 1.54) is 0 Å². The van der Waals surface area contributed by atoms with Gasteiger partial charge in [0, 0.05) is 19.2 Å². The molecule has 0 aromatic carbocycles. The second-order valence-electron chi connectivity index (χ2n) is 4.59. The van der Waals surface area contributed by atoms with Gasteiger partial charge < -0.3 is 36.2 Å². The Kier molecular flexibility index (Phi) is 5.45. The standard InChI is InChI=1S/C13H18N2O3.BrH/c1-2-11(17-5-1)8-12-9-14-13(10-18-12)15-3-6-16-7-4-15;/h1-2,5,8,13-14H,3-4,6-7,9-10H2;1H. The number of quaternary nitrogens is 1. The average molecular weight is 331 g/mol. The number of morpholine rings is 2. The van der Waals surface area contributed by atoms with Crippen molar-refractivity contribution >= 4 is 6.08 Å². The fraction of sp³-hybridized carbons (Fsp3) is 0.538. The Hall–Kier alpha value is -0.820. The van der Waals surface area contributed by atoms with Crippen LogP contribution < -0.4 is 22.3 Å². The van der Waals surface area contributed by atoms with Crippen molar-refractivity contribution in [3.63, 3.8) is 0 Å². The van der Waals surface area contributed by atoms with Gasteiger partial charge in [0.15, 0.2) is 18.5 Å². The monoisotopic (exact) mass is 330 g/mol. The van der Waals surface area contributed by atoms with Crippen LogP contribution in [-0.2, 0) is 9.47 Å². The van der Waals surface area contributed by atoms with Crippen molar-refractivity contribution in [3.05, 3.63) is 29.9 Å². The van der Waals surface area contributed by atoms with Crippen LogP contribution >= 0.6 is 0 Å². The van der Waals surface area contributed by atoms with Gasteiger partial charge in [-0.3, -0.25) is 0 Å². The number of hydrogen-bond acceptors (Lipinski definition) is 4. The van der Waals surface area contributed by atoms with Crippen LogP contribution in [0.1, 0.15) is 5.76 Å². The van der Waals surface area contributed by atoms with Gasteiger partial charge in [-0.1, -0.05) is 0 Å². The number of rotatable bonds is 2. The van der Waals surface area contributed by atoms with Gasteiger partial charge in [-0.25, -0.2) is 4.90 Å². The van der Waals surface area contributed by atoms with E-state index in [-0.39, 0.29) is 17.0 Å². The van der Waals surface area contributed by atoms with Crippen LogP contribution in [0, 0.1) is 0 Å². The molecule has 0 spiro atoms. The number of nitrogens with zero attached hydrogens (tertiary/aromatic N) is 1. The summed E-state index contributed by atoms with van der Waals surface area (Å²) in [5, 5.41) is 2.32. The lowest BCUT2D eigenvalue weighted by Crippen LogP contribution is -3.00. The average Bonchev–Trinajstić information content (AvgIpc) is 2.94. The second-order valence-corrected chi connectivity index (χ2v) is 4.59. The number of furan rings is 1. The highest BCUT2D eigenvalue weighted by Crippen LogP contribution is 2.10. The molecule has 2 saturated heterocycles. The molecule has 1 aromatic heterocycles. The molecule has 6 heteroatoms. The maximum absolute atomic E-state index is 5.80. The summed E-state index contributed by atoms with van der Waals surface area (Å²) < 4.78 is 16.4. The molecule has 2 aliphatic rings. The Balaban J connectivity index is 0.00000133. The van der Waals surface area contributed by atoms with E-state index in [2.05, 4.69) is 10.2 Å². The van der Waals surface area contributed by atoms with Gasteiger partial charge in [0.2, 0.25) is 0 Å². The first-order chi connectivity index (χ1) is 8.92. The predicted octanol–water partition coefficient (Wildman–Crippen LogP) is -3.12. The first kappa shape index (κ1) is 14.6. The van der Waals surface area contributed by atoms with Gasteiger partial charge in [0.25, 0.3) is 0 Å². The lowest BCUT2D eigenvalue weighted by Gasteiger charge is -2.34. The molecule has 1 aromatic rings. The molecule has 3 rings (SSSR count). The Morgan fingerprint density at radius 1 is 1.32 bits per heavy atom. The van der Waals surface area contributed by atoms with Crippen molar-refractivity contribution in [3.8, 4) is 0 Å². The molecule has 1 atom stereocenters. The molecule has 106 valence electrons. The summed E-state index contributed by atoms with van der Waals surface area (Å²) in [6.45, 7) is 5.26. The van der Waals surface area contributed by atoms with Crippen LogP contribution in [0.2, 0.25) is 0 Å². The molecular formula is C13H19BrN2O3. The molecule has 2 N–H and O–H groups in total. The first-order valence-corrected chi connectivity index (χ1v) is 6.44. The fourth-order valence-electron chi connectivity index (χ4n) is 2.37. The van der Waals surface area contributed by atoms with E-state index >= 15 is 0 Å². The molecule has 5 nitrogen and oxygen atoms in total. The topological polar surface area (TPSA) is 51.5 Å². The van der Waals surface area contributed by atoms with Crippen LogP contribution in [0.3, 0.4) is 0 Å². The lowest BCUT2D eigenvalue weighted by molar-refractivity contribution is -0.717. The molecule has 2 fully saturated rings. The zero-order chi connectivity index (χ0) is 12.2. The van der Waals surface area contributed by atoms with E-state index < -0.39 is 0 Å². The second kappa shape index (κ2) is 7.09. The maximum atomic E-state index is 5.80. The summed E-state index contributed by atoms with van der Waals surface area (Å²) >= 11 is 0. The smallest absolute Gasteiger partial charge is 0.177 e. The molecule has 2 aliphatic heterocycles. The number of halogens is 1. The van der Waals surface area contributed by atoms with Crippen LogP contribution in [0.15, 0.2) is 28.6 Å². The molecule has 0 bridgehead atoms. The maximum Gasteiger partial charge on any atom is 0.177 e. The first-order valence-electron chi connectivity index (χ1n) is 6.44. The van der Waals surface area contributed by atoms with E-state index in [9.17, 15) is 0 Å². The summed E-state index contributed by atoms with van der Waals surface area (Å²) in [5.41, 5.74) is 0. The molecule has 0 saturated carbocycles. The van der Waals surface area contributed by atoms with Gasteiger partial charge in [0.05, 0.1) is 19.5 Å². The van der Waals surface area contributed by atoms with Crippen molar-refractivity contribution in [2.24, 2.45) is 0 Å². The molecule has 0 amide bonds. The van der Waals surface area contributed by atoms with Crippen LogP contribution in [-0.4, -0.2) is 50.5 Å². The highest BCUT2D eigenvalue weighted by molar-refractivity contribution is 5.45.